The number of methoxy groups -OCH3 is 1. The second kappa shape index (κ2) is 11.6. The molecule has 2 atom stereocenters. The van der Waals surface area contributed by atoms with Crippen LogP contribution in [0.25, 0.3) is 0 Å². The lowest BCUT2D eigenvalue weighted by atomic mass is 9.88. The van der Waals surface area contributed by atoms with Crippen LogP contribution in [0.5, 0.6) is 5.75 Å². The first kappa shape index (κ1) is 25.2. The maximum atomic E-state index is 14.1. The second-order valence-electron chi connectivity index (χ2n) is 8.61. The number of carbonyl (C=O) groups is 3. The molecule has 8 heteroatoms. The number of piperidine rings is 1. The van der Waals surface area contributed by atoms with Crippen LogP contribution in [0.4, 0.5) is 4.39 Å². The molecule has 0 aliphatic carbocycles. The Hall–Kier alpha value is -3.42. The normalized spacial score (nSPS) is 15.8. The van der Waals surface area contributed by atoms with Gasteiger partial charge in [0.25, 0.3) is 11.8 Å². The largest absolute Gasteiger partial charge is 0.497 e. The topological polar surface area (TPSA) is 87.7 Å². The van der Waals surface area contributed by atoms with Gasteiger partial charge in [0.05, 0.1) is 12.7 Å². The van der Waals surface area contributed by atoms with Crippen molar-refractivity contribution in [2.75, 3.05) is 20.2 Å². The molecular formula is C26H32FN3O4. The predicted molar refractivity (Wildman–Crippen MR) is 127 cm³/mol. The van der Waals surface area contributed by atoms with Crippen LogP contribution in [0.2, 0.25) is 0 Å². The summed E-state index contributed by atoms with van der Waals surface area (Å²) in [6, 6.07) is 11.8. The standard InChI is InChI=1S/C26H32FN3O4/c1-4-17(2)28-25(32)23(29-24(31)21-7-5-6-8-22(21)27)18-13-15-30(16-14-18)26(33)19-9-11-20(34-3)12-10-19/h5-12,17-18,23H,4,13-16H2,1-3H3,(H,28,32)(H,29,31)/t17-,23+/m0/s1. The van der Waals surface area contributed by atoms with E-state index in [0.717, 1.165) is 6.42 Å². The number of nitrogens with one attached hydrogen (secondary N) is 2. The molecule has 34 heavy (non-hydrogen) atoms. The number of amides is 3. The van der Waals surface area contributed by atoms with Crippen molar-refractivity contribution in [1.82, 2.24) is 15.5 Å². The third-order valence-electron chi connectivity index (χ3n) is 6.32. The van der Waals surface area contributed by atoms with Crippen molar-refractivity contribution >= 4 is 17.7 Å². The number of halogens is 1. The van der Waals surface area contributed by atoms with Gasteiger partial charge in [0.2, 0.25) is 5.91 Å². The molecule has 0 aromatic heterocycles. The zero-order chi connectivity index (χ0) is 24.7. The Balaban J connectivity index is 1.70. The molecule has 0 unspecified atom stereocenters. The summed E-state index contributed by atoms with van der Waals surface area (Å²) in [5.41, 5.74) is 0.467. The molecule has 7 nitrogen and oxygen atoms in total. The Labute approximate surface area is 199 Å². The average molecular weight is 470 g/mol. The highest BCUT2D eigenvalue weighted by atomic mass is 19.1. The Morgan fingerprint density at radius 3 is 2.29 bits per heavy atom. The Bertz CT molecular complexity index is 1000. The van der Waals surface area contributed by atoms with Gasteiger partial charge in [-0.05, 0) is 68.5 Å². The van der Waals surface area contributed by atoms with E-state index < -0.39 is 17.8 Å². The van der Waals surface area contributed by atoms with Crippen LogP contribution in [0.3, 0.4) is 0 Å². The SMILES string of the molecule is CC[C@H](C)NC(=O)[C@H](NC(=O)c1ccccc1F)C1CCN(C(=O)c2ccc(OC)cc2)CC1. The van der Waals surface area contributed by atoms with Crippen LogP contribution >= 0.6 is 0 Å². The zero-order valence-corrected chi connectivity index (χ0v) is 19.8. The summed E-state index contributed by atoms with van der Waals surface area (Å²) in [5, 5.41) is 5.68. The van der Waals surface area contributed by atoms with Gasteiger partial charge < -0.3 is 20.3 Å². The number of rotatable bonds is 8. The quantitative estimate of drug-likeness (QED) is 0.620. The van der Waals surface area contributed by atoms with Gasteiger partial charge in [0.1, 0.15) is 17.6 Å². The average Bonchev–Trinajstić information content (AvgIpc) is 2.87. The van der Waals surface area contributed by atoms with Gasteiger partial charge in [-0.1, -0.05) is 19.1 Å². The third-order valence-corrected chi connectivity index (χ3v) is 6.32. The highest BCUT2D eigenvalue weighted by Crippen LogP contribution is 2.24. The zero-order valence-electron chi connectivity index (χ0n) is 19.8. The molecule has 3 rings (SSSR count). The van der Waals surface area contributed by atoms with Gasteiger partial charge in [0.15, 0.2) is 0 Å². The van der Waals surface area contributed by atoms with Gasteiger partial charge >= 0.3 is 0 Å². The van der Waals surface area contributed by atoms with E-state index in [-0.39, 0.29) is 29.3 Å². The summed E-state index contributed by atoms with van der Waals surface area (Å²) >= 11 is 0. The lowest BCUT2D eigenvalue weighted by Gasteiger charge is -2.36. The summed E-state index contributed by atoms with van der Waals surface area (Å²) in [5.74, 6) is -1.15. The van der Waals surface area contributed by atoms with E-state index in [9.17, 15) is 18.8 Å². The maximum absolute atomic E-state index is 14.1. The lowest BCUT2D eigenvalue weighted by molar-refractivity contribution is -0.125. The minimum Gasteiger partial charge on any atom is -0.497 e. The van der Waals surface area contributed by atoms with Crippen molar-refractivity contribution in [3.8, 4) is 5.75 Å². The number of likely N-dealkylation sites (tertiary alicyclic amines) is 1. The first-order chi connectivity index (χ1) is 16.3. The van der Waals surface area contributed by atoms with E-state index >= 15 is 0 Å². The summed E-state index contributed by atoms with van der Waals surface area (Å²) < 4.78 is 19.3. The predicted octanol–water partition coefficient (Wildman–Crippen LogP) is 3.40. The van der Waals surface area contributed by atoms with Crippen LogP contribution in [0.1, 0.15) is 53.8 Å². The molecular weight excluding hydrogens is 437 g/mol. The number of hydrogen-bond acceptors (Lipinski definition) is 4. The van der Waals surface area contributed by atoms with Gasteiger partial charge in [-0.15, -0.1) is 0 Å². The molecule has 1 heterocycles. The van der Waals surface area contributed by atoms with E-state index in [2.05, 4.69) is 10.6 Å². The molecule has 3 amide bonds. The minimum atomic E-state index is -0.820. The number of hydrogen-bond donors (Lipinski definition) is 2. The van der Waals surface area contributed by atoms with Gasteiger partial charge in [0, 0.05) is 24.7 Å². The summed E-state index contributed by atoms with van der Waals surface area (Å²) in [6.45, 7) is 4.77. The molecule has 0 saturated carbocycles. The Morgan fingerprint density at radius 2 is 1.71 bits per heavy atom. The Morgan fingerprint density at radius 1 is 1.06 bits per heavy atom. The number of carbonyl (C=O) groups excluding carboxylic acids is 3. The number of nitrogens with zero attached hydrogens (tertiary/aromatic N) is 1. The number of ether oxygens (including phenoxy) is 1. The van der Waals surface area contributed by atoms with Crippen LogP contribution < -0.4 is 15.4 Å². The Kier molecular flexibility index (Phi) is 8.62. The second-order valence-corrected chi connectivity index (χ2v) is 8.61. The van der Waals surface area contributed by atoms with Crippen molar-refractivity contribution in [3.63, 3.8) is 0 Å². The van der Waals surface area contributed by atoms with Gasteiger partial charge in [-0.3, -0.25) is 14.4 Å². The monoisotopic (exact) mass is 469 g/mol. The minimum absolute atomic E-state index is 0.0582. The van der Waals surface area contributed by atoms with E-state index in [1.807, 2.05) is 13.8 Å². The van der Waals surface area contributed by atoms with Crippen LogP contribution in [-0.4, -0.2) is 54.9 Å². The molecule has 1 fully saturated rings. The molecule has 1 saturated heterocycles. The van der Waals surface area contributed by atoms with Crippen molar-refractivity contribution < 1.29 is 23.5 Å². The fourth-order valence-corrected chi connectivity index (χ4v) is 4.05. The maximum Gasteiger partial charge on any atom is 0.254 e. The van der Waals surface area contributed by atoms with Gasteiger partial charge in [-0.2, -0.15) is 0 Å². The van der Waals surface area contributed by atoms with Gasteiger partial charge in [-0.25, -0.2) is 4.39 Å². The fraction of sp³-hybridized carbons (Fsp3) is 0.423. The van der Waals surface area contributed by atoms with Crippen molar-refractivity contribution in [2.45, 2.75) is 45.2 Å². The molecule has 2 aromatic rings. The smallest absolute Gasteiger partial charge is 0.254 e. The molecule has 182 valence electrons. The first-order valence-corrected chi connectivity index (χ1v) is 11.6. The molecule has 0 bridgehead atoms. The van der Waals surface area contributed by atoms with E-state index in [1.54, 1.807) is 42.3 Å². The summed E-state index contributed by atoms with van der Waals surface area (Å²) in [6.07, 6.45) is 1.82. The summed E-state index contributed by atoms with van der Waals surface area (Å²) in [4.78, 5) is 40.5. The molecule has 1 aliphatic rings. The molecule has 1 aliphatic heterocycles. The lowest BCUT2D eigenvalue weighted by Crippen LogP contribution is -2.55. The van der Waals surface area contributed by atoms with Crippen LogP contribution in [-0.2, 0) is 4.79 Å². The highest BCUT2D eigenvalue weighted by Gasteiger charge is 2.35. The highest BCUT2D eigenvalue weighted by molar-refractivity contribution is 5.98. The fourth-order valence-electron chi connectivity index (χ4n) is 4.05. The number of benzene rings is 2. The molecule has 0 radical (unpaired) electrons. The summed E-state index contributed by atoms with van der Waals surface area (Å²) in [7, 11) is 1.57. The van der Waals surface area contributed by atoms with Crippen LogP contribution in [0.15, 0.2) is 48.5 Å². The third kappa shape index (κ3) is 6.12. The molecule has 2 aromatic carbocycles. The van der Waals surface area contributed by atoms with Crippen molar-refractivity contribution in [1.29, 1.82) is 0 Å². The van der Waals surface area contributed by atoms with E-state index in [4.69, 9.17) is 4.74 Å². The van der Waals surface area contributed by atoms with E-state index in [0.29, 0.717) is 37.2 Å². The van der Waals surface area contributed by atoms with Crippen molar-refractivity contribution in [3.05, 3.63) is 65.5 Å². The van der Waals surface area contributed by atoms with Crippen LogP contribution in [0, 0.1) is 11.7 Å². The molecule has 0 spiro atoms. The molecule has 2 N–H and O–H groups in total. The van der Waals surface area contributed by atoms with Crippen molar-refractivity contribution in [2.24, 2.45) is 5.92 Å². The van der Waals surface area contributed by atoms with E-state index in [1.165, 1.54) is 18.2 Å². The first-order valence-electron chi connectivity index (χ1n) is 11.6.